The second-order valence-electron chi connectivity index (χ2n) is 4.09. The van der Waals surface area contributed by atoms with Crippen molar-refractivity contribution < 1.29 is 9.84 Å². The average molecular weight is 275 g/mol. The first-order chi connectivity index (χ1) is 9.22. The second-order valence-corrected chi connectivity index (χ2v) is 4.97. The van der Waals surface area contributed by atoms with Crippen molar-refractivity contribution in [2.75, 3.05) is 18.7 Å². The molecule has 0 amide bonds. The number of hydrogen-bond acceptors (Lipinski definition) is 4. The number of phenolic OH excluding ortho intramolecular Hbond substituents is 1. The molecule has 2 rings (SSSR count). The molecule has 4 heteroatoms. The number of thioether (sulfide) groups is 1. The third-order valence-corrected chi connectivity index (χ3v) is 3.57. The standard InChI is InChI=1S/C15H17NO2S/c1-18-15-8-3-11(9-14(15)17)10-16-12-4-6-13(19-2)7-5-12/h3-9,16-17H,10H2,1-2H3. The van der Waals surface area contributed by atoms with Gasteiger partial charge in [-0.3, -0.25) is 0 Å². The van der Waals surface area contributed by atoms with Crippen molar-refractivity contribution in [2.45, 2.75) is 11.4 Å². The van der Waals surface area contributed by atoms with Crippen molar-refractivity contribution in [3.05, 3.63) is 48.0 Å². The Morgan fingerprint density at radius 1 is 1.16 bits per heavy atom. The Morgan fingerprint density at radius 2 is 1.89 bits per heavy atom. The number of benzene rings is 2. The summed E-state index contributed by atoms with van der Waals surface area (Å²) in [6.07, 6.45) is 2.06. The fourth-order valence-corrected chi connectivity index (χ4v) is 2.17. The minimum Gasteiger partial charge on any atom is -0.504 e. The van der Waals surface area contributed by atoms with Crippen molar-refractivity contribution in [3.63, 3.8) is 0 Å². The SMILES string of the molecule is COc1ccc(CNc2ccc(SC)cc2)cc1O. The smallest absolute Gasteiger partial charge is 0.160 e. The monoisotopic (exact) mass is 275 g/mol. The van der Waals surface area contributed by atoms with Crippen molar-refractivity contribution in [2.24, 2.45) is 0 Å². The van der Waals surface area contributed by atoms with Gasteiger partial charge < -0.3 is 15.2 Å². The fourth-order valence-electron chi connectivity index (χ4n) is 1.76. The van der Waals surface area contributed by atoms with E-state index >= 15 is 0 Å². The molecule has 2 N–H and O–H groups in total. The quantitative estimate of drug-likeness (QED) is 0.816. The van der Waals surface area contributed by atoms with E-state index in [1.165, 1.54) is 4.90 Å². The average Bonchev–Trinajstić information content (AvgIpc) is 2.46. The third kappa shape index (κ3) is 3.58. The highest BCUT2D eigenvalue weighted by molar-refractivity contribution is 7.98. The van der Waals surface area contributed by atoms with Crippen LogP contribution in [-0.4, -0.2) is 18.5 Å². The zero-order valence-corrected chi connectivity index (χ0v) is 11.8. The lowest BCUT2D eigenvalue weighted by Crippen LogP contribution is -1.99. The summed E-state index contributed by atoms with van der Waals surface area (Å²) in [6, 6.07) is 13.7. The molecule has 19 heavy (non-hydrogen) atoms. The molecular weight excluding hydrogens is 258 g/mol. The molecule has 0 atom stereocenters. The van der Waals surface area contributed by atoms with Gasteiger partial charge in [-0.1, -0.05) is 6.07 Å². The summed E-state index contributed by atoms with van der Waals surface area (Å²) in [4.78, 5) is 1.24. The highest BCUT2D eigenvalue weighted by Crippen LogP contribution is 2.26. The van der Waals surface area contributed by atoms with Crippen LogP contribution in [0.5, 0.6) is 11.5 Å². The van der Waals surface area contributed by atoms with Gasteiger partial charge in [0.15, 0.2) is 11.5 Å². The molecule has 2 aromatic rings. The largest absolute Gasteiger partial charge is 0.504 e. The second kappa shape index (κ2) is 6.38. The van der Waals surface area contributed by atoms with Crippen LogP contribution >= 0.6 is 11.8 Å². The minimum absolute atomic E-state index is 0.166. The maximum Gasteiger partial charge on any atom is 0.160 e. The molecule has 100 valence electrons. The highest BCUT2D eigenvalue weighted by Gasteiger charge is 2.02. The van der Waals surface area contributed by atoms with E-state index in [4.69, 9.17) is 4.74 Å². The number of rotatable bonds is 5. The Balaban J connectivity index is 1.99. The Labute approximate surface area is 117 Å². The van der Waals surface area contributed by atoms with Crippen molar-refractivity contribution in [1.29, 1.82) is 0 Å². The van der Waals surface area contributed by atoms with Crippen LogP contribution in [0.1, 0.15) is 5.56 Å². The lowest BCUT2D eigenvalue weighted by atomic mass is 10.2. The molecule has 0 heterocycles. The summed E-state index contributed by atoms with van der Waals surface area (Å²) in [5.41, 5.74) is 2.07. The van der Waals surface area contributed by atoms with E-state index in [1.807, 2.05) is 6.07 Å². The van der Waals surface area contributed by atoms with Gasteiger partial charge in [-0.05, 0) is 48.2 Å². The number of ether oxygens (including phenoxy) is 1. The van der Waals surface area contributed by atoms with Crippen LogP contribution < -0.4 is 10.1 Å². The van der Waals surface area contributed by atoms with E-state index in [2.05, 4.69) is 35.8 Å². The lowest BCUT2D eigenvalue weighted by molar-refractivity contribution is 0.373. The number of hydrogen-bond donors (Lipinski definition) is 2. The molecule has 0 aliphatic heterocycles. The minimum atomic E-state index is 0.166. The maximum atomic E-state index is 9.70. The van der Waals surface area contributed by atoms with E-state index in [-0.39, 0.29) is 5.75 Å². The Morgan fingerprint density at radius 3 is 2.47 bits per heavy atom. The van der Waals surface area contributed by atoms with Gasteiger partial charge in [0.1, 0.15) is 0 Å². The van der Waals surface area contributed by atoms with Crippen LogP contribution in [0.15, 0.2) is 47.4 Å². The van der Waals surface area contributed by atoms with Crippen LogP contribution in [0.25, 0.3) is 0 Å². The molecule has 0 radical (unpaired) electrons. The molecule has 0 bridgehead atoms. The maximum absolute atomic E-state index is 9.70. The number of aromatic hydroxyl groups is 1. The van der Waals surface area contributed by atoms with Gasteiger partial charge in [0.2, 0.25) is 0 Å². The third-order valence-electron chi connectivity index (χ3n) is 2.83. The van der Waals surface area contributed by atoms with Gasteiger partial charge in [0, 0.05) is 17.1 Å². The van der Waals surface area contributed by atoms with Gasteiger partial charge in [-0.2, -0.15) is 0 Å². The number of nitrogens with one attached hydrogen (secondary N) is 1. The van der Waals surface area contributed by atoms with Gasteiger partial charge in [0.05, 0.1) is 7.11 Å². The lowest BCUT2D eigenvalue weighted by Gasteiger charge is -2.09. The van der Waals surface area contributed by atoms with Crippen LogP contribution in [-0.2, 0) is 6.54 Å². The summed E-state index contributed by atoms with van der Waals surface area (Å²) < 4.78 is 5.02. The number of methoxy groups -OCH3 is 1. The summed E-state index contributed by atoms with van der Waals surface area (Å²) >= 11 is 1.72. The first-order valence-corrected chi connectivity index (χ1v) is 7.19. The van der Waals surface area contributed by atoms with Crippen molar-refractivity contribution in [3.8, 4) is 11.5 Å². The zero-order valence-electron chi connectivity index (χ0n) is 11.0. The Kier molecular flexibility index (Phi) is 4.58. The fraction of sp³-hybridized carbons (Fsp3) is 0.200. The molecule has 0 saturated carbocycles. The van der Waals surface area contributed by atoms with Gasteiger partial charge in [-0.25, -0.2) is 0 Å². The predicted octanol–water partition coefficient (Wildman–Crippen LogP) is 3.73. The zero-order chi connectivity index (χ0) is 13.7. The van der Waals surface area contributed by atoms with E-state index in [1.54, 1.807) is 31.0 Å². The van der Waals surface area contributed by atoms with Crippen LogP contribution in [0, 0.1) is 0 Å². The summed E-state index contributed by atoms with van der Waals surface area (Å²) in [5, 5.41) is 13.0. The number of anilines is 1. The Hall–Kier alpha value is -1.81. The molecule has 0 aliphatic rings. The molecule has 3 nitrogen and oxygen atoms in total. The first kappa shape index (κ1) is 13.6. The molecule has 0 unspecified atom stereocenters. The van der Waals surface area contributed by atoms with Crippen LogP contribution in [0.2, 0.25) is 0 Å². The molecule has 0 spiro atoms. The topological polar surface area (TPSA) is 41.5 Å². The van der Waals surface area contributed by atoms with Gasteiger partial charge >= 0.3 is 0 Å². The summed E-state index contributed by atoms with van der Waals surface area (Å²) in [6.45, 7) is 0.663. The first-order valence-electron chi connectivity index (χ1n) is 5.96. The Bertz CT molecular complexity index is 540. The predicted molar refractivity (Wildman–Crippen MR) is 80.2 cm³/mol. The van der Waals surface area contributed by atoms with Crippen LogP contribution in [0.3, 0.4) is 0 Å². The van der Waals surface area contributed by atoms with Gasteiger partial charge in [-0.15, -0.1) is 11.8 Å². The molecule has 0 aromatic heterocycles. The molecule has 0 fully saturated rings. The highest BCUT2D eigenvalue weighted by atomic mass is 32.2. The van der Waals surface area contributed by atoms with E-state index in [9.17, 15) is 5.11 Å². The van der Waals surface area contributed by atoms with Gasteiger partial charge in [0.25, 0.3) is 0 Å². The molecule has 0 aliphatic carbocycles. The van der Waals surface area contributed by atoms with Crippen molar-refractivity contribution in [1.82, 2.24) is 0 Å². The summed E-state index contributed by atoms with van der Waals surface area (Å²) in [5.74, 6) is 0.660. The van der Waals surface area contributed by atoms with E-state index < -0.39 is 0 Å². The molecule has 0 saturated heterocycles. The summed E-state index contributed by atoms with van der Waals surface area (Å²) in [7, 11) is 1.54. The molecular formula is C15H17NO2S. The van der Waals surface area contributed by atoms with Crippen LogP contribution in [0.4, 0.5) is 5.69 Å². The molecule has 2 aromatic carbocycles. The normalized spacial score (nSPS) is 10.2. The van der Waals surface area contributed by atoms with E-state index in [0.29, 0.717) is 12.3 Å². The van der Waals surface area contributed by atoms with E-state index in [0.717, 1.165) is 11.3 Å². The number of phenols is 1. The van der Waals surface area contributed by atoms with Crippen molar-refractivity contribution >= 4 is 17.4 Å².